The van der Waals surface area contributed by atoms with Crippen LogP contribution in [0, 0.1) is 5.92 Å². The number of rotatable bonds is 6. The normalized spacial score (nSPS) is 19.0. The van der Waals surface area contributed by atoms with Crippen LogP contribution in [0.1, 0.15) is 50.2 Å². The van der Waals surface area contributed by atoms with Crippen molar-refractivity contribution in [1.82, 2.24) is 10.1 Å². The quantitative estimate of drug-likeness (QED) is 0.838. The van der Waals surface area contributed by atoms with Crippen LogP contribution >= 0.6 is 0 Å². The van der Waals surface area contributed by atoms with E-state index in [0.717, 1.165) is 63.6 Å². The molecule has 1 aliphatic rings. The number of ether oxygens (including phenoxy) is 1. The van der Waals surface area contributed by atoms with Gasteiger partial charge in [0.1, 0.15) is 0 Å². The largest absolute Gasteiger partial charge is 0.381 e. The minimum Gasteiger partial charge on any atom is -0.381 e. The summed E-state index contributed by atoms with van der Waals surface area (Å²) in [6.07, 6.45) is 4.98. The fourth-order valence-electron chi connectivity index (χ4n) is 2.29. The van der Waals surface area contributed by atoms with Gasteiger partial charge in [-0.1, -0.05) is 12.1 Å². The molecule has 0 spiro atoms. The topological polar surface area (TPSA) is 74.2 Å². The van der Waals surface area contributed by atoms with E-state index in [2.05, 4.69) is 17.1 Å². The van der Waals surface area contributed by atoms with E-state index in [1.807, 2.05) is 0 Å². The molecule has 2 N–H and O–H groups in total. The summed E-state index contributed by atoms with van der Waals surface area (Å²) >= 11 is 0. The van der Waals surface area contributed by atoms with Crippen molar-refractivity contribution in [3.05, 3.63) is 11.7 Å². The zero-order chi connectivity index (χ0) is 12.8. The number of aromatic nitrogens is 2. The van der Waals surface area contributed by atoms with Crippen LogP contribution in [0.3, 0.4) is 0 Å². The molecule has 102 valence electrons. The molecule has 1 aliphatic heterocycles. The molecule has 2 rings (SSSR count). The predicted octanol–water partition coefficient (Wildman–Crippen LogP) is 1.88. The maximum Gasteiger partial charge on any atom is 0.226 e. The molecule has 1 atom stereocenters. The van der Waals surface area contributed by atoms with Gasteiger partial charge in [-0.2, -0.15) is 4.98 Å². The Morgan fingerprint density at radius 2 is 2.11 bits per heavy atom. The highest BCUT2D eigenvalue weighted by molar-refractivity contribution is 4.96. The Hall–Kier alpha value is -0.940. The second-order valence-corrected chi connectivity index (χ2v) is 5.15. The standard InChI is InChI=1S/C13H23N3O2/c1-10(4-7-14)2-3-12-15-13(16-18-12)11-5-8-17-9-6-11/h10-11H,2-9,14H2,1H3. The first-order valence-corrected chi connectivity index (χ1v) is 6.90. The molecular formula is C13H23N3O2. The first-order chi connectivity index (χ1) is 8.79. The molecule has 1 fully saturated rings. The molecule has 2 heterocycles. The molecule has 0 amide bonds. The second-order valence-electron chi connectivity index (χ2n) is 5.15. The van der Waals surface area contributed by atoms with E-state index in [4.69, 9.17) is 15.0 Å². The van der Waals surface area contributed by atoms with Gasteiger partial charge < -0.3 is 15.0 Å². The summed E-state index contributed by atoms with van der Waals surface area (Å²) in [5.74, 6) is 2.66. The van der Waals surface area contributed by atoms with E-state index < -0.39 is 0 Å². The Balaban J connectivity index is 1.82. The lowest BCUT2D eigenvalue weighted by Gasteiger charge is -2.18. The third-order valence-electron chi connectivity index (χ3n) is 3.58. The molecule has 18 heavy (non-hydrogen) atoms. The Morgan fingerprint density at radius 3 is 2.83 bits per heavy atom. The number of nitrogens with zero attached hydrogens (tertiary/aromatic N) is 2. The lowest BCUT2D eigenvalue weighted by Crippen LogP contribution is -2.15. The highest BCUT2D eigenvalue weighted by atomic mass is 16.5. The summed E-state index contributed by atoms with van der Waals surface area (Å²) in [5.41, 5.74) is 5.54. The third-order valence-corrected chi connectivity index (χ3v) is 3.58. The molecule has 5 heteroatoms. The maximum atomic E-state index is 5.54. The van der Waals surface area contributed by atoms with Gasteiger partial charge in [0.05, 0.1) is 0 Å². The molecule has 1 aromatic rings. The fraction of sp³-hybridized carbons (Fsp3) is 0.846. The van der Waals surface area contributed by atoms with Crippen LogP contribution in [0.5, 0.6) is 0 Å². The van der Waals surface area contributed by atoms with E-state index in [1.54, 1.807) is 0 Å². The Labute approximate surface area is 108 Å². The summed E-state index contributed by atoms with van der Waals surface area (Å²) in [7, 11) is 0. The van der Waals surface area contributed by atoms with E-state index in [0.29, 0.717) is 11.8 Å². The van der Waals surface area contributed by atoms with Crippen LogP contribution < -0.4 is 5.73 Å². The molecule has 1 aromatic heterocycles. The van der Waals surface area contributed by atoms with Crippen LogP contribution in [-0.2, 0) is 11.2 Å². The van der Waals surface area contributed by atoms with Gasteiger partial charge in [-0.15, -0.1) is 0 Å². The van der Waals surface area contributed by atoms with E-state index >= 15 is 0 Å². The SMILES string of the molecule is CC(CCN)CCc1nc(C2CCOCC2)no1. The molecule has 1 unspecified atom stereocenters. The number of nitrogens with two attached hydrogens (primary N) is 1. The predicted molar refractivity (Wildman–Crippen MR) is 68.2 cm³/mol. The first-order valence-electron chi connectivity index (χ1n) is 6.90. The summed E-state index contributed by atoms with van der Waals surface area (Å²) in [6.45, 7) is 4.57. The summed E-state index contributed by atoms with van der Waals surface area (Å²) in [6, 6.07) is 0. The lowest BCUT2D eigenvalue weighted by atomic mass is 10.00. The second kappa shape index (κ2) is 6.85. The average molecular weight is 253 g/mol. The first kappa shape index (κ1) is 13.5. The summed E-state index contributed by atoms with van der Waals surface area (Å²) in [5, 5.41) is 4.10. The molecule has 0 radical (unpaired) electrons. The van der Waals surface area contributed by atoms with Crippen molar-refractivity contribution in [2.75, 3.05) is 19.8 Å². The molecular weight excluding hydrogens is 230 g/mol. The van der Waals surface area contributed by atoms with Gasteiger partial charge in [0, 0.05) is 25.6 Å². The smallest absolute Gasteiger partial charge is 0.226 e. The zero-order valence-electron chi connectivity index (χ0n) is 11.1. The molecule has 0 aromatic carbocycles. The van der Waals surface area contributed by atoms with Gasteiger partial charge in [0.15, 0.2) is 5.82 Å². The third kappa shape index (κ3) is 3.78. The highest BCUT2D eigenvalue weighted by Crippen LogP contribution is 2.24. The van der Waals surface area contributed by atoms with Gasteiger partial charge in [-0.05, 0) is 38.1 Å². The molecule has 5 nitrogen and oxygen atoms in total. The Kier molecular flexibility index (Phi) is 5.13. The van der Waals surface area contributed by atoms with Crippen LogP contribution in [0.4, 0.5) is 0 Å². The molecule has 1 saturated heterocycles. The van der Waals surface area contributed by atoms with Crippen molar-refractivity contribution in [3.8, 4) is 0 Å². The minimum absolute atomic E-state index is 0.415. The van der Waals surface area contributed by atoms with E-state index in [-0.39, 0.29) is 0 Å². The number of hydrogen-bond donors (Lipinski definition) is 1. The van der Waals surface area contributed by atoms with Crippen molar-refractivity contribution in [1.29, 1.82) is 0 Å². The van der Waals surface area contributed by atoms with E-state index in [1.165, 1.54) is 0 Å². The molecule has 0 saturated carbocycles. The van der Waals surface area contributed by atoms with E-state index in [9.17, 15) is 0 Å². The van der Waals surface area contributed by atoms with Gasteiger partial charge in [-0.3, -0.25) is 0 Å². The van der Waals surface area contributed by atoms with Crippen LogP contribution in [0.25, 0.3) is 0 Å². The molecule has 0 bridgehead atoms. The minimum atomic E-state index is 0.415. The van der Waals surface area contributed by atoms with Gasteiger partial charge in [0.25, 0.3) is 0 Å². The maximum absolute atomic E-state index is 5.54. The van der Waals surface area contributed by atoms with Gasteiger partial charge in [-0.25, -0.2) is 0 Å². The van der Waals surface area contributed by atoms with Crippen molar-refractivity contribution >= 4 is 0 Å². The van der Waals surface area contributed by atoms with Crippen molar-refractivity contribution in [2.24, 2.45) is 11.7 Å². The number of aryl methyl sites for hydroxylation is 1. The van der Waals surface area contributed by atoms with Gasteiger partial charge in [0.2, 0.25) is 5.89 Å². The zero-order valence-corrected chi connectivity index (χ0v) is 11.1. The average Bonchev–Trinajstić information content (AvgIpc) is 2.87. The monoisotopic (exact) mass is 253 g/mol. The highest BCUT2D eigenvalue weighted by Gasteiger charge is 2.21. The van der Waals surface area contributed by atoms with Crippen molar-refractivity contribution < 1.29 is 9.26 Å². The van der Waals surface area contributed by atoms with Crippen LogP contribution in [0.2, 0.25) is 0 Å². The number of hydrogen-bond acceptors (Lipinski definition) is 5. The summed E-state index contributed by atoms with van der Waals surface area (Å²) < 4.78 is 10.6. The summed E-state index contributed by atoms with van der Waals surface area (Å²) in [4.78, 5) is 4.50. The Morgan fingerprint density at radius 1 is 1.33 bits per heavy atom. The van der Waals surface area contributed by atoms with Crippen LogP contribution in [0.15, 0.2) is 4.52 Å². The van der Waals surface area contributed by atoms with Gasteiger partial charge >= 0.3 is 0 Å². The van der Waals surface area contributed by atoms with Crippen molar-refractivity contribution in [3.63, 3.8) is 0 Å². The Bertz CT molecular complexity index is 348. The van der Waals surface area contributed by atoms with Crippen LogP contribution in [-0.4, -0.2) is 29.9 Å². The van der Waals surface area contributed by atoms with Crippen molar-refractivity contribution in [2.45, 2.75) is 44.9 Å². The fourth-order valence-corrected chi connectivity index (χ4v) is 2.29. The lowest BCUT2D eigenvalue weighted by molar-refractivity contribution is 0.0830. The molecule has 0 aliphatic carbocycles.